The molecule has 0 aliphatic carbocycles. The van der Waals surface area contributed by atoms with Gasteiger partial charge in [-0.15, -0.1) is 0 Å². The van der Waals surface area contributed by atoms with E-state index in [9.17, 15) is 8.42 Å². The van der Waals surface area contributed by atoms with Gasteiger partial charge < -0.3 is 4.57 Å². The molecule has 2 aromatic rings. The second kappa shape index (κ2) is 5.20. The molecule has 1 unspecified atom stereocenters. The minimum Gasteiger partial charge on any atom is -0.339 e. The van der Waals surface area contributed by atoms with Crippen molar-refractivity contribution in [2.24, 2.45) is 7.05 Å². The largest absolute Gasteiger partial charge is 0.339 e. The van der Waals surface area contributed by atoms with E-state index in [0.29, 0.717) is 13.1 Å². The van der Waals surface area contributed by atoms with Crippen LogP contribution >= 0.6 is 0 Å². The molecule has 0 spiro atoms. The Hall–Kier alpha value is -1.67. The van der Waals surface area contributed by atoms with Gasteiger partial charge in [-0.3, -0.25) is 5.10 Å². The quantitative estimate of drug-likeness (QED) is 0.920. The molecule has 1 N–H and O–H groups in total. The number of aromatic nitrogens is 4. The zero-order valence-electron chi connectivity index (χ0n) is 13.1. The summed E-state index contributed by atoms with van der Waals surface area (Å²) < 4.78 is 28.7. The van der Waals surface area contributed by atoms with Gasteiger partial charge >= 0.3 is 0 Å². The first-order valence-electron chi connectivity index (χ1n) is 7.31. The standard InChI is InChI=1S/C14H21N5O2S/c1-11-7-16-17-13(11)14(2)5-4-6-19(9-14)22(20,21)12-8-18(3)10-15-12/h7-8,10H,4-6,9H2,1-3H3,(H,16,17). The maximum Gasteiger partial charge on any atom is 0.262 e. The zero-order chi connectivity index (χ0) is 16.0. The van der Waals surface area contributed by atoms with Crippen molar-refractivity contribution in [3.8, 4) is 0 Å². The molecule has 0 bridgehead atoms. The van der Waals surface area contributed by atoms with Crippen molar-refractivity contribution < 1.29 is 8.42 Å². The lowest BCUT2D eigenvalue weighted by Crippen LogP contribution is -2.47. The van der Waals surface area contributed by atoms with E-state index in [1.54, 1.807) is 28.3 Å². The van der Waals surface area contributed by atoms with Gasteiger partial charge in [0.25, 0.3) is 10.0 Å². The van der Waals surface area contributed by atoms with Crippen LogP contribution in [-0.4, -0.2) is 45.6 Å². The summed E-state index contributed by atoms with van der Waals surface area (Å²) in [7, 11) is -1.78. The Labute approximate surface area is 130 Å². The summed E-state index contributed by atoms with van der Waals surface area (Å²) in [5.41, 5.74) is 1.84. The van der Waals surface area contributed by atoms with E-state index in [1.807, 2.05) is 6.92 Å². The van der Waals surface area contributed by atoms with Crippen LogP contribution in [0.1, 0.15) is 31.0 Å². The molecular weight excluding hydrogens is 302 g/mol. The Morgan fingerprint density at radius 2 is 2.18 bits per heavy atom. The Kier molecular flexibility index (Phi) is 3.60. The monoisotopic (exact) mass is 323 g/mol. The lowest BCUT2D eigenvalue weighted by atomic mass is 9.78. The van der Waals surface area contributed by atoms with Gasteiger partial charge in [-0.1, -0.05) is 6.92 Å². The molecule has 1 aliphatic rings. The van der Waals surface area contributed by atoms with Crippen LogP contribution in [-0.2, 0) is 22.5 Å². The van der Waals surface area contributed by atoms with Crippen molar-refractivity contribution in [2.75, 3.05) is 13.1 Å². The Bertz CT molecular complexity index is 779. The normalized spacial score (nSPS) is 23.8. The average Bonchev–Trinajstić information content (AvgIpc) is 3.08. The van der Waals surface area contributed by atoms with Crippen LogP contribution < -0.4 is 0 Å². The average molecular weight is 323 g/mol. The number of sulfonamides is 1. The highest BCUT2D eigenvalue weighted by atomic mass is 32.2. The van der Waals surface area contributed by atoms with E-state index in [1.165, 1.54) is 6.33 Å². The predicted octanol–water partition coefficient (Wildman–Crippen LogP) is 1.19. The first-order chi connectivity index (χ1) is 10.3. The molecule has 0 amide bonds. The van der Waals surface area contributed by atoms with Crippen molar-refractivity contribution in [3.63, 3.8) is 0 Å². The molecule has 3 rings (SSSR count). The SMILES string of the molecule is Cc1cn[nH]c1C1(C)CCCN(S(=O)(=O)c2cn(C)cn2)C1. The highest BCUT2D eigenvalue weighted by molar-refractivity contribution is 7.89. The van der Waals surface area contributed by atoms with Crippen molar-refractivity contribution in [1.82, 2.24) is 24.1 Å². The number of imidazole rings is 1. The number of aromatic amines is 1. The van der Waals surface area contributed by atoms with Crippen molar-refractivity contribution in [1.29, 1.82) is 0 Å². The topological polar surface area (TPSA) is 83.9 Å². The minimum absolute atomic E-state index is 0.112. The first-order valence-corrected chi connectivity index (χ1v) is 8.75. The molecule has 1 atom stereocenters. The highest BCUT2D eigenvalue weighted by Gasteiger charge is 2.40. The lowest BCUT2D eigenvalue weighted by Gasteiger charge is -2.39. The number of nitrogens with zero attached hydrogens (tertiary/aromatic N) is 4. The summed E-state index contributed by atoms with van der Waals surface area (Å²) >= 11 is 0. The molecule has 1 aliphatic heterocycles. The van der Waals surface area contributed by atoms with Gasteiger partial charge in [-0.05, 0) is 25.3 Å². The third kappa shape index (κ3) is 2.46. The molecule has 1 fully saturated rings. The van der Waals surface area contributed by atoms with Crippen molar-refractivity contribution in [3.05, 3.63) is 30.0 Å². The third-order valence-electron chi connectivity index (χ3n) is 4.38. The van der Waals surface area contributed by atoms with Gasteiger partial charge in [0.05, 0.1) is 12.5 Å². The molecule has 3 heterocycles. The number of hydrogen-bond donors (Lipinski definition) is 1. The van der Waals surface area contributed by atoms with E-state index in [2.05, 4.69) is 22.1 Å². The lowest BCUT2D eigenvalue weighted by molar-refractivity contribution is 0.235. The summed E-state index contributed by atoms with van der Waals surface area (Å²) in [5.74, 6) is 0. The van der Waals surface area contributed by atoms with Gasteiger partial charge in [0, 0.05) is 37.4 Å². The summed E-state index contributed by atoms with van der Waals surface area (Å²) in [4.78, 5) is 4.00. The van der Waals surface area contributed by atoms with Gasteiger partial charge in [-0.2, -0.15) is 9.40 Å². The van der Waals surface area contributed by atoms with E-state index in [4.69, 9.17) is 0 Å². The molecule has 22 heavy (non-hydrogen) atoms. The van der Waals surface area contributed by atoms with Crippen LogP contribution in [0.25, 0.3) is 0 Å². The molecule has 120 valence electrons. The van der Waals surface area contributed by atoms with Gasteiger partial charge in [-0.25, -0.2) is 13.4 Å². The van der Waals surface area contributed by atoms with Crippen molar-refractivity contribution in [2.45, 2.75) is 37.1 Å². The van der Waals surface area contributed by atoms with Crippen LogP contribution in [0.3, 0.4) is 0 Å². The van der Waals surface area contributed by atoms with Gasteiger partial charge in [0.2, 0.25) is 0 Å². The Morgan fingerprint density at radius 3 is 2.77 bits per heavy atom. The Morgan fingerprint density at radius 1 is 1.41 bits per heavy atom. The van der Waals surface area contributed by atoms with Crippen LogP contribution in [0.2, 0.25) is 0 Å². The van der Waals surface area contributed by atoms with E-state index < -0.39 is 10.0 Å². The van der Waals surface area contributed by atoms with Gasteiger partial charge in [0.1, 0.15) is 0 Å². The maximum atomic E-state index is 12.8. The van der Waals surface area contributed by atoms with Crippen molar-refractivity contribution >= 4 is 10.0 Å². The van der Waals surface area contributed by atoms with E-state index >= 15 is 0 Å². The molecule has 0 saturated carbocycles. The summed E-state index contributed by atoms with van der Waals surface area (Å²) in [6.07, 6.45) is 6.59. The number of piperidine rings is 1. The number of aryl methyl sites for hydroxylation is 2. The minimum atomic E-state index is -3.55. The van der Waals surface area contributed by atoms with Gasteiger partial charge in [0.15, 0.2) is 5.03 Å². The van der Waals surface area contributed by atoms with E-state index in [0.717, 1.165) is 24.1 Å². The molecule has 1 saturated heterocycles. The fraction of sp³-hybridized carbons (Fsp3) is 0.571. The fourth-order valence-corrected chi connectivity index (χ4v) is 4.78. The van der Waals surface area contributed by atoms with Crippen LogP contribution in [0.4, 0.5) is 0 Å². The number of rotatable bonds is 3. The summed E-state index contributed by atoms with van der Waals surface area (Å²) in [6, 6.07) is 0. The molecule has 2 aromatic heterocycles. The Balaban J connectivity index is 1.92. The van der Waals surface area contributed by atoms with Crippen LogP contribution in [0, 0.1) is 6.92 Å². The molecule has 7 nitrogen and oxygen atoms in total. The number of nitrogens with one attached hydrogen (secondary N) is 1. The first kappa shape index (κ1) is 15.2. The second-order valence-electron chi connectivity index (χ2n) is 6.31. The molecule has 0 aromatic carbocycles. The highest BCUT2D eigenvalue weighted by Crippen LogP contribution is 2.35. The maximum absolute atomic E-state index is 12.8. The molecule has 8 heteroatoms. The van der Waals surface area contributed by atoms with Crippen LogP contribution in [0.5, 0.6) is 0 Å². The third-order valence-corrected chi connectivity index (χ3v) is 6.11. The predicted molar refractivity (Wildman–Crippen MR) is 81.9 cm³/mol. The molecular formula is C14H21N5O2S. The zero-order valence-corrected chi connectivity index (χ0v) is 13.9. The summed E-state index contributed by atoms with van der Waals surface area (Å²) in [5, 5.41) is 7.23. The van der Waals surface area contributed by atoms with E-state index in [-0.39, 0.29) is 10.4 Å². The summed E-state index contributed by atoms with van der Waals surface area (Å²) in [6.45, 7) is 5.06. The number of H-pyrrole nitrogens is 1. The number of hydrogen-bond acceptors (Lipinski definition) is 4. The smallest absolute Gasteiger partial charge is 0.262 e. The van der Waals surface area contributed by atoms with Crippen LogP contribution in [0.15, 0.2) is 23.7 Å². The molecule has 0 radical (unpaired) electrons. The fourth-order valence-electron chi connectivity index (χ4n) is 3.21. The second-order valence-corrected chi connectivity index (χ2v) is 8.19.